The van der Waals surface area contributed by atoms with Gasteiger partial charge < -0.3 is 59.4 Å². The third-order valence-corrected chi connectivity index (χ3v) is 4.94. The molecule has 2 aliphatic rings. The lowest BCUT2D eigenvalue weighted by atomic mass is 9.99. The fourth-order valence-corrected chi connectivity index (χ4v) is 3.11. The highest BCUT2D eigenvalue weighted by Gasteiger charge is 2.58. The SMILES string of the molecule is O=C(OC[C@H]1O[C@H](O[C@]2(CO)O[C@H](CO)[C@@H](O)[C@@H]2O)[C@H](O)[C@@H](O)[C@@H]1O)OCC(Cl)(Cl)Cl. The molecule has 0 aromatic heterocycles. The van der Waals surface area contributed by atoms with Crippen molar-refractivity contribution in [2.45, 2.75) is 58.6 Å². The number of carbonyl (C=O) groups excluding carboxylic acids is 1. The van der Waals surface area contributed by atoms with Crippen molar-refractivity contribution in [1.29, 1.82) is 0 Å². The summed E-state index contributed by atoms with van der Waals surface area (Å²) in [5, 5.41) is 69.2. The molecule has 7 N–H and O–H groups in total. The number of alkyl halides is 3. The van der Waals surface area contributed by atoms with Crippen molar-refractivity contribution in [1.82, 2.24) is 0 Å². The van der Waals surface area contributed by atoms with Crippen LogP contribution in [-0.4, -0.2) is 127 Å². The van der Waals surface area contributed by atoms with Crippen LogP contribution in [-0.2, 0) is 23.7 Å². The molecule has 0 bridgehead atoms. The molecule has 0 aromatic carbocycles. The summed E-state index contributed by atoms with van der Waals surface area (Å²) in [7, 11) is 0. The fourth-order valence-electron chi connectivity index (χ4n) is 2.95. The van der Waals surface area contributed by atoms with E-state index >= 15 is 0 Å². The monoisotopic (exact) mass is 516 g/mol. The number of hydrogen-bond acceptors (Lipinski definition) is 13. The normalized spacial score (nSPS) is 41.2. The number of aliphatic hydroxyl groups excluding tert-OH is 7. The van der Waals surface area contributed by atoms with Crippen LogP contribution in [0.4, 0.5) is 4.79 Å². The van der Waals surface area contributed by atoms with Gasteiger partial charge in [-0.2, -0.15) is 0 Å². The minimum atomic E-state index is -2.34. The number of carbonyl (C=O) groups is 1. The van der Waals surface area contributed by atoms with Gasteiger partial charge in [0.25, 0.3) is 0 Å². The summed E-state index contributed by atoms with van der Waals surface area (Å²) in [5.74, 6) is -2.34. The van der Waals surface area contributed by atoms with Crippen LogP contribution in [0.5, 0.6) is 0 Å². The van der Waals surface area contributed by atoms with E-state index in [4.69, 9.17) is 53.8 Å². The third-order valence-electron chi connectivity index (χ3n) is 4.61. The second kappa shape index (κ2) is 10.8. The molecule has 0 radical (unpaired) electrons. The highest BCUT2D eigenvalue weighted by Crippen LogP contribution is 2.36. The van der Waals surface area contributed by atoms with Crippen molar-refractivity contribution in [2.24, 2.45) is 0 Å². The Hall–Kier alpha value is -0.260. The predicted molar refractivity (Wildman–Crippen MR) is 99.1 cm³/mol. The van der Waals surface area contributed by atoms with E-state index in [0.29, 0.717) is 0 Å². The van der Waals surface area contributed by atoms with Crippen molar-refractivity contribution >= 4 is 41.0 Å². The third kappa shape index (κ3) is 6.41. The average Bonchev–Trinajstić information content (AvgIpc) is 2.96. The Morgan fingerprint density at radius 1 is 0.935 bits per heavy atom. The first kappa shape index (κ1) is 27.0. The van der Waals surface area contributed by atoms with E-state index in [0.717, 1.165) is 0 Å². The molecule has 31 heavy (non-hydrogen) atoms. The summed E-state index contributed by atoms with van der Waals surface area (Å²) in [6.45, 7) is -3.12. The van der Waals surface area contributed by atoms with Crippen molar-refractivity contribution in [3.8, 4) is 0 Å². The van der Waals surface area contributed by atoms with Crippen LogP contribution in [0, 0.1) is 0 Å². The molecule has 13 nitrogen and oxygen atoms in total. The van der Waals surface area contributed by atoms with Crippen LogP contribution in [0.2, 0.25) is 0 Å². The van der Waals surface area contributed by atoms with Gasteiger partial charge in [0.15, 0.2) is 6.29 Å². The van der Waals surface area contributed by atoms with Crippen LogP contribution < -0.4 is 0 Å². The van der Waals surface area contributed by atoms with Gasteiger partial charge in [0.05, 0.1) is 6.61 Å². The molecule has 0 aromatic rings. The van der Waals surface area contributed by atoms with E-state index in [1.165, 1.54) is 0 Å². The zero-order valence-corrected chi connectivity index (χ0v) is 17.9. The maximum atomic E-state index is 11.6. The molecular weight excluding hydrogens is 495 g/mol. The van der Waals surface area contributed by atoms with E-state index in [1.54, 1.807) is 0 Å². The quantitative estimate of drug-likeness (QED) is 0.134. The van der Waals surface area contributed by atoms with Crippen LogP contribution in [0.1, 0.15) is 0 Å². The molecule has 0 unspecified atom stereocenters. The predicted octanol–water partition coefficient (Wildman–Crippen LogP) is -2.86. The largest absolute Gasteiger partial charge is 0.508 e. The van der Waals surface area contributed by atoms with Crippen LogP contribution in [0.3, 0.4) is 0 Å². The Kier molecular flexibility index (Phi) is 9.38. The van der Waals surface area contributed by atoms with Crippen LogP contribution in [0.25, 0.3) is 0 Å². The molecule has 2 fully saturated rings. The first-order valence-corrected chi connectivity index (χ1v) is 9.98. The summed E-state index contributed by atoms with van der Waals surface area (Å²) in [4.78, 5) is 11.6. The standard InChI is InChI=1S/C15H23Cl3O13/c16-15(17,18)4-28-13(26)27-2-6-7(21)9(23)10(24)12(29-6)31-14(3-20)11(25)8(22)5(1-19)30-14/h5-12,19-25H,1-4H2/t5-,6-,7-,8-,9+,10-,11+,12-,14+/m1/s1. The van der Waals surface area contributed by atoms with Crippen LogP contribution in [0.15, 0.2) is 0 Å². The lowest BCUT2D eigenvalue weighted by Gasteiger charge is -2.43. The summed E-state index contributed by atoms with van der Waals surface area (Å²) in [6.07, 6.45) is -15.0. The molecule has 9 atom stereocenters. The molecule has 16 heteroatoms. The second-order valence-electron chi connectivity index (χ2n) is 6.84. The Bertz CT molecular complexity index is 607. The molecule has 0 saturated carbocycles. The Labute approximate surface area is 190 Å². The van der Waals surface area contributed by atoms with E-state index in [-0.39, 0.29) is 0 Å². The van der Waals surface area contributed by atoms with Gasteiger partial charge in [-0.3, -0.25) is 0 Å². The van der Waals surface area contributed by atoms with Gasteiger partial charge in [0.1, 0.15) is 62.5 Å². The maximum Gasteiger partial charge on any atom is 0.508 e. The van der Waals surface area contributed by atoms with Gasteiger partial charge in [-0.1, -0.05) is 34.8 Å². The van der Waals surface area contributed by atoms with Crippen LogP contribution >= 0.6 is 34.8 Å². The zero-order chi connectivity index (χ0) is 23.6. The van der Waals surface area contributed by atoms with Gasteiger partial charge in [-0.25, -0.2) is 4.79 Å². The van der Waals surface area contributed by atoms with Crippen molar-refractivity contribution in [3.05, 3.63) is 0 Å². The highest BCUT2D eigenvalue weighted by molar-refractivity contribution is 6.67. The molecule has 182 valence electrons. The minimum Gasteiger partial charge on any atom is -0.431 e. The van der Waals surface area contributed by atoms with Gasteiger partial charge in [0, 0.05) is 0 Å². The van der Waals surface area contributed by atoms with E-state index in [2.05, 4.69) is 4.74 Å². The zero-order valence-electron chi connectivity index (χ0n) is 15.7. The minimum absolute atomic E-state index is 0.639. The lowest BCUT2D eigenvalue weighted by Crippen LogP contribution is -2.62. The molecule has 2 aliphatic heterocycles. The number of halogens is 3. The number of hydrogen-bond donors (Lipinski definition) is 7. The molecule has 2 saturated heterocycles. The van der Waals surface area contributed by atoms with Gasteiger partial charge in [0.2, 0.25) is 9.58 Å². The number of rotatable bonds is 7. The highest BCUT2D eigenvalue weighted by atomic mass is 35.6. The molecule has 2 rings (SSSR count). The van der Waals surface area contributed by atoms with Crippen molar-refractivity contribution < 1.29 is 64.2 Å². The fraction of sp³-hybridized carbons (Fsp3) is 0.933. The van der Waals surface area contributed by atoms with E-state index in [9.17, 15) is 40.5 Å². The van der Waals surface area contributed by atoms with Gasteiger partial charge in [-0.15, -0.1) is 0 Å². The number of aliphatic hydroxyl groups is 7. The molecule has 0 spiro atoms. The van der Waals surface area contributed by atoms with Gasteiger partial charge >= 0.3 is 6.16 Å². The first-order chi connectivity index (χ1) is 14.3. The summed E-state index contributed by atoms with van der Waals surface area (Å²) in [5.41, 5.74) is 0. The molecule has 0 aliphatic carbocycles. The summed E-state index contributed by atoms with van der Waals surface area (Å²) >= 11 is 16.3. The Morgan fingerprint density at radius 3 is 2.10 bits per heavy atom. The van der Waals surface area contributed by atoms with E-state index in [1.807, 2.05) is 0 Å². The number of ether oxygens (including phenoxy) is 5. The second-order valence-corrected chi connectivity index (χ2v) is 9.36. The average molecular weight is 518 g/mol. The summed E-state index contributed by atoms with van der Waals surface area (Å²) in [6, 6.07) is 0. The van der Waals surface area contributed by atoms with Gasteiger partial charge in [-0.05, 0) is 0 Å². The molecule has 0 amide bonds. The lowest BCUT2D eigenvalue weighted by molar-refractivity contribution is -0.383. The first-order valence-electron chi connectivity index (χ1n) is 8.84. The van der Waals surface area contributed by atoms with Crippen molar-refractivity contribution in [3.63, 3.8) is 0 Å². The smallest absolute Gasteiger partial charge is 0.431 e. The Morgan fingerprint density at radius 2 is 1.58 bits per heavy atom. The molecule has 2 heterocycles. The van der Waals surface area contributed by atoms with Crippen molar-refractivity contribution in [2.75, 3.05) is 26.4 Å². The van der Waals surface area contributed by atoms with E-state index < -0.39 is 91.2 Å². The molecular formula is C15H23Cl3O13. The topological polar surface area (TPSA) is 205 Å². The maximum absolute atomic E-state index is 11.6. The Balaban J connectivity index is 2.05. The summed E-state index contributed by atoms with van der Waals surface area (Å²) < 4.78 is 23.1.